The molecular formula is C62H59BN2. The van der Waals surface area contributed by atoms with Crippen LogP contribution in [0.2, 0.25) is 0 Å². The van der Waals surface area contributed by atoms with Crippen molar-refractivity contribution in [2.24, 2.45) is 0 Å². The molecule has 0 amide bonds. The molecule has 2 aromatic heterocycles. The SMILES string of the molecule is CC(C)(C)c1cc(-c2cc3c4c(c2)-n2c5c(cc(-c6ccccc6)cc5c5ccc6ccccc6c52)B4n2c4ccc(C(C)(C)C)cc4c4cc(C(C)(C)C)cc-3c42)cc(C(C)(C)C)c1. The van der Waals surface area contributed by atoms with E-state index in [0.717, 1.165) is 0 Å². The average molecular weight is 843 g/mol. The molecule has 0 N–H and O–H groups in total. The van der Waals surface area contributed by atoms with Crippen molar-refractivity contribution >= 4 is 72.2 Å². The molecule has 10 aromatic rings. The molecule has 3 heteroatoms. The third-order valence-electron chi connectivity index (χ3n) is 15.0. The van der Waals surface area contributed by atoms with E-state index >= 15 is 0 Å². The highest BCUT2D eigenvalue weighted by atomic mass is 15.0. The Labute approximate surface area is 385 Å². The van der Waals surface area contributed by atoms with Crippen LogP contribution in [0.3, 0.4) is 0 Å². The highest BCUT2D eigenvalue weighted by Gasteiger charge is 2.43. The molecule has 0 atom stereocenters. The van der Waals surface area contributed by atoms with E-state index in [1.165, 1.54) is 127 Å². The highest BCUT2D eigenvalue weighted by molar-refractivity contribution is 6.90. The molecule has 8 aromatic carbocycles. The zero-order valence-corrected chi connectivity index (χ0v) is 40.3. The van der Waals surface area contributed by atoms with E-state index in [2.05, 4.69) is 232 Å². The lowest BCUT2D eigenvalue weighted by Crippen LogP contribution is -2.55. The summed E-state index contributed by atoms with van der Waals surface area (Å²) in [6.07, 6.45) is 0. The van der Waals surface area contributed by atoms with Crippen LogP contribution in [-0.4, -0.2) is 15.9 Å². The first-order valence-electron chi connectivity index (χ1n) is 23.8. The fraction of sp³-hybridized carbons (Fsp3) is 0.258. The van der Waals surface area contributed by atoms with Crippen molar-refractivity contribution in [2.75, 3.05) is 0 Å². The minimum absolute atomic E-state index is 0.0104. The van der Waals surface area contributed by atoms with Gasteiger partial charge in [-0.3, -0.25) is 0 Å². The smallest absolute Gasteiger partial charge is 0.333 e. The molecule has 0 bridgehead atoms. The third kappa shape index (κ3) is 5.86. The molecule has 0 unspecified atom stereocenters. The van der Waals surface area contributed by atoms with Crippen molar-refractivity contribution in [1.29, 1.82) is 0 Å². The molecule has 2 nitrogen and oxygen atoms in total. The van der Waals surface area contributed by atoms with Crippen LogP contribution in [0.4, 0.5) is 0 Å². The van der Waals surface area contributed by atoms with E-state index in [9.17, 15) is 0 Å². The first kappa shape index (κ1) is 40.2. The van der Waals surface area contributed by atoms with E-state index < -0.39 is 0 Å². The summed E-state index contributed by atoms with van der Waals surface area (Å²) < 4.78 is 5.44. The first-order valence-corrected chi connectivity index (χ1v) is 23.8. The van der Waals surface area contributed by atoms with Gasteiger partial charge in [-0.2, -0.15) is 0 Å². The van der Waals surface area contributed by atoms with Gasteiger partial charge in [-0.05, 0) is 131 Å². The Morgan fingerprint density at radius 2 is 0.969 bits per heavy atom. The summed E-state index contributed by atoms with van der Waals surface area (Å²) in [6, 6.07) is 54.8. The van der Waals surface area contributed by atoms with Gasteiger partial charge in [0.1, 0.15) is 0 Å². The van der Waals surface area contributed by atoms with E-state index in [1.807, 2.05) is 0 Å². The molecule has 12 rings (SSSR count). The second kappa shape index (κ2) is 13.2. The molecule has 320 valence electrons. The van der Waals surface area contributed by atoms with Crippen LogP contribution in [0.15, 0.2) is 140 Å². The van der Waals surface area contributed by atoms with E-state index in [4.69, 9.17) is 0 Å². The summed E-state index contributed by atoms with van der Waals surface area (Å²) in [5, 5.41) is 7.84. The van der Waals surface area contributed by atoms with Crippen molar-refractivity contribution in [3.8, 4) is 39.1 Å². The number of benzene rings is 8. The molecule has 65 heavy (non-hydrogen) atoms. The van der Waals surface area contributed by atoms with Gasteiger partial charge in [-0.15, -0.1) is 0 Å². The predicted octanol–water partition coefficient (Wildman–Crippen LogP) is 15.5. The maximum atomic E-state index is 2.76. The van der Waals surface area contributed by atoms with Gasteiger partial charge in [0.05, 0.1) is 11.0 Å². The van der Waals surface area contributed by atoms with E-state index in [-0.39, 0.29) is 28.5 Å². The summed E-state index contributed by atoms with van der Waals surface area (Å²) in [5.74, 6) is 0. The number of hydrogen-bond acceptors (Lipinski definition) is 0. The molecule has 2 aliphatic heterocycles. The van der Waals surface area contributed by atoms with Crippen LogP contribution < -0.4 is 10.9 Å². The molecule has 4 heterocycles. The van der Waals surface area contributed by atoms with Gasteiger partial charge in [-0.25, -0.2) is 0 Å². The minimum atomic E-state index is -0.0587. The fourth-order valence-corrected chi connectivity index (χ4v) is 11.3. The van der Waals surface area contributed by atoms with Gasteiger partial charge in [0.2, 0.25) is 0 Å². The maximum absolute atomic E-state index is 2.76. The Hall–Kier alpha value is -6.32. The van der Waals surface area contributed by atoms with Crippen LogP contribution in [0.1, 0.15) is 105 Å². The third-order valence-corrected chi connectivity index (χ3v) is 15.0. The predicted molar refractivity (Wildman–Crippen MR) is 283 cm³/mol. The quantitative estimate of drug-likeness (QED) is 0.153. The lowest BCUT2D eigenvalue weighted by molar-refractivity contribution is 0.569. The van der Waals surface area contributed by atoms with Gasteiger partial charge in [-0.1, -0.05) is 180 Å². The standard InChI is InChI=1S/C62H59BN2/c1-59(2,3)41-23-25-53-47(33-41)50-34-44(62(10,11)12)35-51-48-28-40(38-26-42(60(4,5)6)32-43(27-38)61(7,8)9)31-54-55(48)63(65(53)57(50)51)52-30-39(36-18-14-13-15-19-36)29-49-46-24-22-37-20-16-17-21-45(37)56(46)64(54)58(49)52/h13-35H,1-12H3. The zero-order chi connectivity index (χ0) is 45.3. The molecule has 0 saturated carbocycles. The monoisotopic (exact) mass is 842 g/mol. The van der Waals surface area contributed by atoms with Crippen molar-refractivity contribution in [3.63, 3.8) is 0 Å². The number of aromatic nitrogens is 2. The van der Waals surface area contributed by atoms with Crippen LogP contribution in [0.25, 0.3) is 93.5 Å². The van der Waals surface area contributed by atoms with Crippen LogP contribution in [0, 0.1) is 0 Å². The van der Waals surface area contributed by atoms with Crippen LogP contribution in [-0.2, 0) is 21.7 Å². The van der Waals surface area contributed by atoms with Crippen LogP contribution >= 0.6 is 0 Å². The second-order valence-corrected chi connectivity index (χ2v) is 23.5. The number of fused-ring (bicyclic) bond motifs is 12. The van der Waals surface area contributed by atoms with Gasteiger partial charge < -0.3 is 9.05 Å². The van der Waals surface area contributed by atoms with Crippen molar-refractivity contribution in [3.05, 3.63) is 162 Å². The Morgan fingerprint density at radius 3 is 1.66 bits per heavy atom. The minimum Gasteiger partial charge on any atom is -0.375 e. The van der Waals surface area contributed by atoms with E-state index in [0.29, 0.717) is 0 Å². The van der Waals surface area contributed by atoms with Gasteiger partial charge in [0, 0.05) is 49.2 Å². The Balaban J connectivity index is 1.32. The summed E-state index contributed by atoms with van der Waals surface area (Å²) in [4.78, 5) is 0. The summed E-state index contributed by atoms with van der Waals surface area (Å²) in [6.45, 7) is 28.2. The highest BCUT2D eigenvalue weighted by Crippen LogP contribution is 2.48. The van der Waals surface area contributed by atoms with Gasteiger partial charge >= 0.3 is 6.85 Å². The van der Waals surface area contributed by atoms with Crippen LogP contribution in [0.5, 0.6) is 0 Å². The zero-order valence-electron chi connectivity index (χ0n) is 40.3. The Morgan fingerprint density at radius 1 is 0.369 bits per heavy atom. The molecule has 0 spiro atoms. The topological polar surface area (TPSA) is 9.86 Å². The number of nitrogens with zero attached hydrogens (tertiary/aromatic N) is 2. The number of hydrogen-bond donors (Lipinski definition) is 0. The van der Waals surface area contributed by atoms with Crippen molar-refractivity contribution in [2.45, 2.75) is 105 Å². The normalized spacial score (nSPS) is 13.8. The Bertz CT molecular complexity index is 3650. The molecule has 0 saturated heterocycles. The van der Waals surface area contributed by atoms with Gasteiger partial charge in [0.25, 0.3) is 0 Å². The van der Waals surface area contributed by atoms with Crippen molar-refractivity contribution in [1.82, 2.24) is 9.05 Å². The lowest BCUT2D eigenvalue weighted by Gasteiger charge is -2.35. The van der Waals surface area contributed by atoms with Crippen molar-refractivity contribution < 1.29 is 0 Å². The molecule has 2 aliphatic rings. The molecule has 0 radical (unpaired) electrons. The fourth-order valence-electron chi connectivity index (χ4n) is 11.3. The summed E-state index contributed by atoms with van der Waals surface area (Å²) >= 11 is 0. The largest absolute Gasteiger partial charge is 0.375 e. The van der Waals surface area contributed by atoms with Gasteiger partial charge in [0.15, 0.2) is 0 Å². The lowest BCUT2D eigenvalue weighted by atomic mass is 9.45. The second-order valence-electron chi connectivity index (χ2n) is 23.5. The summed E-state index contributed by atoms with van der Waals surface area (Å²) in [7, 11) is 0. The average Bonchev–Trinajstić information content (AvgIpc) is 3.78. The molecule has 0 fully saturated rings. The molecule has 0 aliphatic carbocycles. The molecular weight excluding hydrogens is 784 g/mol. The number of rotatable bonds is 2. The van der Waals surface area contributed by atoms with E-state index in [1.54, 1.807) is 0 Å². The maximum Gasteiger partial charge on any atom is 0.333 e. The Kier molecular flexibility index (Phi) is 8.14. The first-order chi connectivity index (χ1) is 30.8. The summed E-state index contributed by atoms with van der Waals surface area (Å²) in [5.41, 5.74) is 22.4.